The molecule has 114 valence electrons. The van der Waals surface area contributed by atoms with Gasteiger partial charge in [-0.1, -0.05) is 0 Å². The van der Waals surface area contributed by atoms with Crippen LogP contribution in [0.25, 0.3) is 0 Å². The molecule has 0 N–H and O–H groups in total. The van der Waals surface area contributed by atoms with Gasteiger partial charge < -0.3 is 4.42 Å². The van der Waals surface area contributed by atoms with Gasteiger partial charge in [0.05, 0.1) is 23.8 Å². The van der Waals surface area contributed by atoms with Crippen LogP contribution in [0.4, 0.5) is 20.2 Å². The van der Waals surface area contributed by atoms with E-state index in [0.717, 1.165) is 0 Å². The number of rotatable bonds is 4. The van der Waals surface area contributed by atoms with Crippen molar-refractivity contribution in [2.45, 2.75) is 0 Å². The van der Waals surface area contributed by atoms with Crippen molar-refractivity contribution in [3.8, 4) is 0 Å². The molecule has 0 atom stereocenters. The molecule has 0 aliphatic carbocycles. The average molecular weight is 310 g/mol. The van der Waals surface area contributed by atoms with E-state index < -0.39 is 0 Å². The van der Waals surface area contributed by atoms with Crippen LogP contribution in [0.2, 0.25) is 0 Å². The van der Waals surface area contributed by atoms with E-state index in [2.05, 4.69) is 9.98 Å². The molecule has 23 heavy (non-hydrogen) atoms. The molecule has 0 spiro atoms. The van der Waals surface area contributed by atoms with E-state index in [-0.39, 0.29) is 11.6 Å². The lowest BCUT2D eigenvalue weighted by Crippen LogP contribution is -1.77. The Hall–Kier alpha value is -3.08. The zero-order chi connectivity index (χ0) is 16.1. The van der Waals surface area contributed by atoms with Gasteiger partial charge in [-0.3, -0.25) is 9.98 Å². The first-order valence-electron chi connectivity index (χ1n) is 6.88. The molecular formula is C18H12F2N2O. The van der Waals surface area contributed by atoms with Crippen molar-refractivity contribution in [1.29, 1.82) is 0 Å². The highest BCUT2D eigenvalue weighted by Crippen LogP contribution is 2.14. The van der Waals surface area contributed by atoms with Crippen molar-refractivity contribution in [2.75, 3.05) is 0 Å². The lowest BCUT2D eigenvalue weighted by atomic mass is 10.3. The fourth-order valence-electron chi connectivity index (χ4n) is 1.84. The SMILES string of the molecule is Fc1ccc(N=Cc2ccc(C=Nc3ccc(F)cc3)o2)cc1. The van der Waals surface area contributed by atoms with Crippen LogP contribution in [0.5, 0.6) is 0 Å². The molecule has 1 aromatic heterocycles. The highest BCUT2D eigenvalue weighted by atomic mass is 19.1. The van der Waals surface area contributed by atoms with Crippen LogP contribution in [0.15, 0.2) is 75.1 Å². The third kappa shape index (κ3) is 4.20. The van der Waals surface area contributed by atoms with E-state index >= 15 is 0 Å². The second-order valence-electron chi connectivity index (χ2n) is 4.71. The summed E-state index contributed by atoms with van der Waals surface area (Å²) in [5.74, 6) is 0.493. The van der Waals surface area contributed by atoms with E-state index in [9.17, 15) is 8.78 Å². The van der Waals surface area contributed by atoms with Crippen molar-refractivity contribution in [1.82, 2.24) is 0 Å². The van der Waals surface area contributed by atoms with Crippen LogP contribution in [0, 0.1) is 11.6 Å². The molecule has 3 nitrogen and oxygen atoms in total. The summed E-state index contributed by atoms with van der Waals surface area (Å²) in [5.41, 5.74) is 1.26. The topological polar surface area (TPSA) is 37.9 Å². The van der Waals surface area contributed by atoms with Crippen LogP contribution >= 0.6 is 0 Å². The lowest BCUT2D eigenvalue weighted by molar-refractivity contribution is 0.553. The van der Waals surface area contributed by atoms with Crippen LogP contribution in [-0.2, 0) is 0 Å². The van der Waals surface area contributed by atoms with Crippen LogP contribution in [0.1, 0.15) is 11.5 Å². The molecule has 0 fully saturated rings. The molecule has 5 heteroatoms. The minimum Gasteiger partial charge on any atom is -0.454 e. The summed E-state index contributed by atoms with van der Waals surface area (Å²) in [5, 5.41) is 0. The quantitative estimate of drug-likeness (QED) is 0.621. The first-order chi connectivity index (χ1) is 11.2. The Bertz CT molecular complexity index is 764. The number of nitrogens with zero attached hydrogens (tertiary/aromatic N) is 2. The van der Waals surface area contributed by atoms with E-state index in [1.54, 1.807) is 48.8 Å². The van der Waals surface area contributed by atoms with Gasteiger partial charge in [0.2, 0.25) is 0 Å². The van der Waals surface area contributed by atoms with E-state index in [1.165, 1.54) is 24.3 Å². The van der Waals surface area contributed by atoms with Crippen molar-refractivity contribution < 1.29 is 13.2 Å². The fraction of sp³-hybridized carbons (Fsp3) is 0. The second-order valence-corrected chi connectivity index (χ2v) is 4.71. The second kappa shape index (κ2) is 6.79. The molecule has 3 rings (SSSR count). The number of aliphatic imine (C=N–C) groups is 2. The van der Waals surface area contributed by atoms with Gasteiger partial charge in [0.1, 0.15) is 23.2 Å². The van der Waals surface area contributed by atoms with Gasteiger partial charge in [-0.25, -0.2) is 8.78 Å². The molecule has 0 aliphatic rings. The monoisotopic (exact) mass is 310 g/mol. The Balaban J connectivity index is 1.68. The number of hydrogen-bond acceptors (Lipinski definition) is 3. The fourth-order valence-corrected chi connectivity index (χ4v) is 1.84. The normalized spacial score (nSPS) is 11.6. The van der Waals surface area contributed by atoms with E-state index in [4.69, 9.17) is 4.42 Å². The molecule has 3 aromatic rings. The summed E-state index contributed by atoms with van der Waals surface area (Å²) in [4.78, 5) is 8.37. The smallest absolute Gasteiger partial charge is 0.145 e. The molecule has 0 amide bonds. The molecule has 0 radical (unpaired) electrons. The maximum absolute atomic E-state index is 12.8. The average Bonchev–Trinajstić information content (AvgIpc) is 3.02. The molecule has 0 unspecified atom stereocenters. The third-order valence-electron chi connectivity index (χ3n) is 2.98. The van der Waals surface area contributed by atoms with Gasteiger partial charge in [-0.15, -0.1) is 0 Å². The number of halogens is 2. The zero-order valence-corrected chi connectivity index (χ0v) is 12.0. The molecule has 0 aliphatic heterocycles. The summed E-state index contributed by atoms with van der Waals surface area (Å²) in [6.07, 6.45) is 3.09. The number of hydrogen-bond donors (Lipinski definition) is 0. The highest BCUT2D eigenvalue weighted by Gasteiger charge is 1.98. The van der Waals surface area contributed by atoms with Gasteiger partial charge in [-0.05, 0) is 60.7 Å². The van der Waals surface area contributed by atoms with Crippen molar-refractivity contribution in [3.05, 3.63) is 83.8 Å². The van der Waals surface area contributed by atoms with E-state index in [1.807, 2.05) is 0 Å². The summed E-state index contributed by atoms with van der Waals surface area (Å²) in [6, 6.07) is 15.2. The van der Waals surface area contributed by atoms with Gasteiger partial charge >= 0.3 is 0 Å². The van der Waals surface area contributed by atoms with Gasteiger partial charge in [0.25, 0.3) is 0 Å². The van der Waals surface area contributed by atoms with E-state index in [0.29, 0.717) is 22.9 Å². The predicted octanol–water partition coefficient (Wildman–Crippen LogP) is 5.06. The third-order valence-corrected chi connectivity index (χ3v) is 2.98. The highest BCUT2D eigenvalue weighted by molar-refractivity contribution is 5.83. The lowest BCUT2D eigenvalue weighted by Gasteiger charge is -1.92. The maximum atomic E-state index is 12.8. The largest absolute Gasteiger partial charge is 0.454 e. The Labute approximate surface area is 131 Å². The summed E-state index contributed by atoms with van der Waals surface area (Å²) >= 11 is 0. The first kappa shape index (κ1) is 14.8. The minimum absolute atomic E-state index is 0.304. The van der Waals surface area contributed by atoms with Crippen LogP contribution in [-0.4, -0.2) is 12.4 Å². The molecular weight excluding hydrogens is 298 g/mol. The molecule has 0 saturated carbocycles. The van der Waals surface area contributed by atoms with Crippen LogP contribution in [0.3, 0.4) is 0 Å². The van der Waals surface area contributed by atoms with Gasteiger partial charge in [0, 0.05) is 0 Å². The standard InChI is InChI=1S/C18H12F2N2O/c19-13-1-5-15(6-2-13)21-11-17-9-10-18(23-17)12-22-16-7-3-14(20)4-8-16/h1-12H. The molecule has 0 bridgehead atoms. The zero-order valence-electron chi connectivity index (χ0n) is 12.0. The summed E-state index contributed by atoms with van der Waals surface area (Å²) in [6.45, 7) is 0. The predicted molar refractivity (Wildman–Crippen MR) is 86.0 cm³/mol. The van der Waals surface area contributed by atoms with Crippen molar-refractivity contribution >= 4 is 23.8 Å². The Morgan fingerprint density at radius 2 is 1.00 bits per heavy atom. The Morgan fingerprint density at radius 1 is 0.609 bits per heavy atom. The Morgan fingerprint density at radius 3 is 1.39 bits per heavy atom. The van der Waals surface area contributed by atoms with Crippen LogP contribution < -0.4 is 0 Å². The molecule has 1 heterocycles. The van der Waals surface area contributed by atoms with Crippen molar-refractivity contribution in [3.63, 3.8) is 0 Å². The molecule has 2 aromatic carbocycles. The van der Waals surface area contributed by atoms with Crippen molar-refractivity contribution in [2.24, 2.45) is 9.98 Å². The maximum Gasteiger partial charge on any atom is 0.145 e. The minimum atomic E-state index is -0.304. The van der Waals surface area contributed by atoms with Gasteiger partial charge in [0.15, 0.2) is 0 Å². The summed E-state index contributed by atoms with van der Waals surface area (Å²) < 4.78 is 31.1. The number of benzene rings is 2. The first-order valence-corrected chi connectivity index (χ1v) is 6.88. The Kier molecular flexibility index (Phi) is 4.38. The molecule has 0 saturated heterocycles. The summed E-state index contributed by atoms with van der Waals surface area (Å²) in [7, 11) is 0. The number of furan rings is 1. The van der Waals surface area contributed by atoms with Gasteiger partial charge in [-0.2, -0.15) is 0 Å².